The van der Waals surface area contributed by atoms with E-state index < -0.39 is 0 Å². The zero-order valence-corrected chi connectivity index (χ0v) is 19.5. The van der Waals surface area contributed by atoms with Crippen molar-refractivity contribution in [3.63, 3.8) is 0 Å². The summed E-state index contributed by atoms with van der Waals surface area (Å²) in [6.07, 6.45) is 11.6. The van der Waals surface area contributed by atoms with Gasteiger partial charge in [-0.15, -0.1) is 0 Å². The van der Waals surface area contributed by atoms with E-state index in [1.165, 1.54) is 44.1 Å². The van der Waals surface area contributed by atoms with Crippen molar-refractivity contribution in [3.8, 4) is 5.75 Å². The Labute approximate surface area is 180 Å². The Bertz CT molecular complexity index is 596. The molecule has 0 aliphatic heterocycles. The molecule has 2 rings (SSSR count). The van der Waals surface area contributed by atoms with Gasteiger partial charge in [-0.25, -0.2) is 0 Å². The highest BCUT2D eigenvalue weighted by molar-refractivity contribution is 9.09. The van der Waals surface area contributed by atoms with Crippen molar-refractivity contribution in [2.75, 3.05) is 11.9 Å². The van der Waals surface area contributed by atoms with Crippen LogP contribution in [0.25, 0.3) is 0 Å². The molecule has 1 aromatic rings. The average molecular weight is 452 g/mol. The highest BCUT2D eigenvalue weighted by Crippen LogP contribution is 2.34. The van der Waals surface area contributed by atoms with Crippen LogP contribution in [-0.4, -0.2) is 17.3 Å². The second-order valence-corrected chi connectivity index (χ2v) is 9.50. The molecule has 1 N–H and O–H groups in total. The van der Waals surface area contributed by atoms with Crippen LogP contribution in [0.1, 0.15) is 84.1 Å². The summed E-state index contributed by atoms with van der Waals surface area (Å²) in [5.74, 6) is 1.92. The summed E-state index contributed by atoms with van der Waals surface area (Å²) in [4.78, 5) is 13.3. The number of nitrogens with one attached hydrogen (secondary N) is 1. The van der Waals surface area contributed by atoms with Crippen LogP contribution in [0.15, 0.2) is 18.2 Å². The monoisotopic (exact) mass is 451 g/mol. The van der Waals surface area contributed by atoms with Gasteiger partial charge in [-0.2, -0.15) is 0 Å². The topological polar surface area (TPSA) is 38.3 Å². The summed E-state index contributed by atoms with van der Waals surface area (Å²) >= 11 is 3.76. The normalized spacial score (nSPS) is 20.6. The van der Waals surface area contributed by atoms with Gasteiger partial charge < -0.3 is 10.1 Å². The first-order valence-corrected chi connectivity index (χ1v) is 12.2. The lowest BCUT2D eigenvalue weighted by Gasteiger charge is -2.28. The number of carbonyl (C=O) groups is 1. The summed E-state index contributed by atoms with van der Waals surface area (Å²) < 4.78 is 5.84. The Morgan fingerprint density at radius 3 is 2.57 bits per heavy atom. The van der Waals surface area contributed by atoms with Crippen molar-refractivity contribution >= 4 is 27.5 Å². The van der Waals surface area contributed by atoms with Gasteiger partial charge in [0, 0.05) is 10.7 Å². The number of benzene rings is 1. The molecule has 1 unspecified atom stereocenters. The SMILES string of the molecule is CCCCC1CCC(C(=O)Nc2ccc(CC(Br)CCC)cc2OCC)CC1. The van der Waals surface area contributed by atoms with Gasteiger partial charge in [-0.3, -0.25) is 4.79 Å². The van der Waals surface area contributed by atoms with Crippen LogP contribution in [0.4, 0.5) is 5.69 Å². The molecule has 1 aliphatic rings. The van der Waals surface area contributed by atoms with E-state index in [9.17, 15) is 4.79 Å². The molecule has 0 spiro atoms. The van der Waals surface area contributed by atoms with Crippen molar-refractivity contribution < 1.29 is 9.53 Å². The number of amides is 1. The number of carbonyl (C=O) groups excluding carboxylic acids is 1. The number of ether oxygens (including phenoxy) is 1. The summed E-state index contributed by atoms with van der Waals surface area (Å²) in [6, 6.07) is 6.21. The molecule has 0 saturated heterocycles. The molecule has 1 atom stereocenters. The second kappa shape index (κ2) is 12.5. The Hall–Kier alpha value is -1.03. The van der Waals surface area contributed by atoms with Gasteiger partial charge in [0.2, 0.25) is 5.91 Å². The number of alkyl halides is 1. The molecule has 1 aliphatic carbocycles. The molecule has 1 aromatic carbocycles. The van der Waals surface area contributed by atoms with Crippen molar-refractivity contribution in [2.45, 2.75) is 89.8 Å². The lowest BCUT2D eigenvalue weighted by atomic mass is 9.79. The first-order chi connectivity index (χ1) is 13.6. The molecule has 28 heavy (non-hydrogen) atoms. The third kappa shape index (κ3) is 7.42. The molecule has 1 fully saturated rings. The highest BCUT2D eigenvalue weighted by atomic mass is 79.9. The maximum Gasteiger partial charge on any atom is 0.227 e. The number of unbranched alkanes of at least 4 members (excludes halogenated alkanes) is 1. The van der Waals surface area contributed by atoms with Crippen molar-refractivity contribution in [2.24, 2.45) is 11.8 Å². The van der Waals surface area contributed by atoms with Crippen LogP contribution in [0.5, 0.6) is 5.75 Å². The number of rotatable bonds is 11. The fourth-order valence-corrected chi connectivity index (χ4v) is 5.02. The van der Waals surface area contributed by atoms with Gasteiger partial charge in [-0.05, 0) is 69.1 Å². The van der Waals surface area contributed by atoms with Gasteiger partial charge in [-0.1, -0.05) is 61.5 Å². The fourth-order valence-electron chi connectivity index (χ4n) is 4.18. The van der Waals surface area contributed by atoms with Crippen LogP contribution >= 0.6 is 15.9 Å². The third-order valence-corrected chi connectivity index (χ3v) is 6.63. The van der Waals surface area contributed by atoms with E-state index >= 15 is 0 Å². The average Bonchev–Trinajstić information content (AvgIpc) is 2.69. The molecule has 0 heterocycles. The quantitative estimate of drug-likeness (QED) is 0.363. The zero-order chi connectivity index (χ0) is 20.4. The summed E-state index contributed by atoms with van der Waals surface area (Å²) in [6.45, 7) is 7.04. The number of anilines is 1. The molecular weight excluding hydrogens is 414 g/mol. The van der Waals surface area contributed by atoms with E-state index in [1.54, 1.807) is 0 Å². The van der Waals surface area contributed by atoms with E-state index in [-0.39, 0.29) is 11.8 Å². The van der Waals surface area contributed by atoms with Crippen LogP contribution in [0.2, 0.25) is 0 Å². The Kier molecular flexibility index (Phi) is 10.4. The minimum absolute atomic E-state index is 0.142. The van der Waals surface area contributed by atoms with E-state index in [0.29, 0.717) is 11.4 Å². The number of halogens is 1. The minimum atomic E-state index is 0.142. The standard InChI is InChI=1S/C24H38BrNO2/c1-4-7-9-18-10-13-20(14-11-18)24(27)26-22-15-12-19(16-21(25)8-5-2)17-23(22)28-6-3/h12,15,17-18,20-21H,4-11,13-14,16H2,1-3H3,(H,26,27). The first-order valence-electron chi connectivity index (χ1n) is 11.3. The molecule has 4 heteroatoms. The molecule has 1 amide bonds. The van der Waals surface area contributed by atoms with E-state index in [2.05, 4.69) is 47.2 Å². The van der Waals surface area contributed by atoms with Crippen LogP contribution < -0.4 is 10.1 Å². The van der Waals surface area contributed by atoms with Gasteiger partial charge >= 0.3 is 0 Å². The van der Waals surface area contributed by atoms with Gasteiger partial charge in [0.1, 0.15) is 5.75 Å². The summed E-state index contributed by atoms with van der Waals surface area (Å²) in [7, 11) is 0. The Morgan fingerprint density at radius 2 is 1.93 bits per heavy atom. The predicted octanol–water partition coefficient (Wildman–Crippen LogP) is 7.13. The number of hydrogen-bond donors (Lipinski definition) is 1. The fraction of sp³-hybridized carbons (Fsp3) is 0.708. The Balaban J connectivity index is 1.95. The molecule has 1 saturated carbocycles. The van der Waals surface area contributed by atoms with Gasteiger partial charge in [0.25, 0.3) is 0 Å². The van der Waals surface area contributed by atoms with Crippen molar-refractivity contribution in [3.05, 3.63) is 23.8 Å². The molecule has 0 bridgehead atoms. The molecule has 158 valence electrons. The molecule has 0 radical (unpaired) electrons. The summed E-state index contributed by atoms with van der Waals surface area (Å²) in [5, 5.41) is 3.15. The highest BCUT2D eigenvalue weighted by Gasteiger charge is 2.26. The molecular formula is C24H38BrNO2. The summed E-state index contributed by atoms with van der Waals surface area (Å²) in [5.41, 5.74) is 2.05. The first kappa shape index (κ1) is 23.3. The van der Waals surface area contributed by atoms with Crippen LogP contribution in [0.3, 0.4) is 0 Å². The van der Waals surface area contributed by atoms with Crippen molar-refractivity contribution in [1.82, 2.24) is 0 Å². The van der Waals surface area contributed by atoms with Crippen molar-refractivity contribution in [1.29, 1.82) is 0 Å². The van der Waals surface area contributed by atoms with Gasteiger partial charge in [0.05, 0.1) is 12.3 Å². The van der Waals surface area contributed by atoms with Crippen LogP contribution in [0, 0.1) is 11.8 Å². The Morgan fingerprint density at radius 1 is 1.18 bits per heavy atom. The maximum atomic E-state index is 12.8. The largest absolute Gasteiger partial charge is 0.492 e. The van der Waals surface area contributed by atoms with Crippen LogP contribution in [-0.2, 0) is 11.2 Å². The molecule has 0 aromatic heterocycles. The maximum absolute atomic E-state index is 12.8. The number of hydrogen-bond acceptors (Lipinski definition) is 2. The molecule has 3 nitrogen and oxygen atoms in total. The smallest absolute Gasteiger partial charge is 0.227 e. The van der Waals surface area contributed by atoms with E-state index in [0.717, 1.165) is 43.0 Å². The minimum Gasteiger partial charge on any atom is -0.492 e. The lowest BCUT2D eigenvalue weighted by Crippen LogP contribution is -2.27. The lowest BCUT2D eigenvalue weighted by molar-refractivity contribution is -0.121. The van der Waals surface area contributed by atoms with Gasteiger partial charge in [0.15, 0.2) is 0 Å². The van der Waals surface area contributed by atoms with E-state index in [4.69, 9.17) is 4.74 Å². The predicted molar refractivity (Wildman–Crippen MR) is 123 cm³/mol. The zero-order valence-electron chi connectivity index (χ0n) is 17.9. The van der Waals surface area contributed by atoms with E-state index in [1.807, 2.05) is 13.0 Å². The third-order valence-electron chi connectivity index (χ3n) is 5.85. The second-order valence-electron chi connectivity index (χ2n) is 8.20.